The van der Waals surface area contributed by atoms with Crippen molar-refractivity contribution < 1.29 is 9.18 Å². The molecule has 0 spiro atoms. The van der Waals surface area contributed by atoms with Crippen molar-refractivity contribution in [1.29, 1.82) is 0 Å². The van der Waals surface area contributed by atoms with E-state index in [1.165, 1.54) is 17.0 Å². The Kier molecular flexibility index (Phi) is 5.22. The number of halogens is 1. The van der Waals surface area contributed by atoms with Gasteiger partial charge in [0.1, 0.15) is 5.82 Å². The highest BCUT2D eigenvalue weighted by Gasteiger charge is 2.08. The second-order valence-corrected chi connectivity index (χ2v) is 7.36. The van der Waals surface area contributed by atoms with Crippen molar-refractivity contribution in [2.45, 2.75) is 13.3 Å². The van der Waals surface area contributed by atoms with Gasteiger partial charge in [0.15, 0.2) is 0 Å². The zero-order chi connectivity index (χ0) is 16.9. The van der Waals surface area contributed by atoms with E-state index in [-0.39, 0.29) is 5.69 Å². The lowest BCUT2D eigenvalue weighted by Gasteiger charge is -2.07. The van der Waals surface area contributed by atoms with Crippen molar-refractivity contribution >= 4 is 34.4 Å². The molecule has 0 aliphatic carbocycles. The van der Waals surface area contributed by atoms with Crippen LogP contribution in [0.4, 0.5) is 14.9 Å². The van der Waals surface area contributed by atoms with Gasteiger partial charge in [-0.2, -0.15) is 0 Å². The van der Waals surface area contributed by atoms with E-state index in [4.69, 9.17) is 0 Å². The van der Waals surface area contributed by atoms with E-state index >= 15 is 0 Å². The molecule has 0 bridgehead atoms. The van der Waals surface area contributed by atoms with Crippen LogP contribution in [0, 0.1) is 12.7 Å². The number of thiazole rings is 1. The van der Waals surface area contributed by atoms with Crippen LogP contribution in [-0.4, -0.2) is 17.6 Å². The first-order valence-corrected chi connectivity index (χ1v) is 9.12. The Labute approximate surface area is 147 Å². The minimum absolute atomic E-state index is 0.173. The number of urea groups is 1. The van der Waals surface area contributed by atoms with Gasteiger partial charge in [-0.1, -0.05) is 12.1 Å². The van der Waals surface area contributed by atoms with Gasteiger partial charge in [0.2, 0.25) is 0 Å². The number of aromatic nitrogens is 1. The van der Waals surface area contributed by atoms with Crippen molar-refractivity contribution in [3.05, 3.63) is 57.5 Å². The van der Waals surface area contributed by atoms with Gasteiger partial charge in [0.25, 0.3) is 0 Å². The normalized spacial score (nSPS) is 10.6. The van der Waals surface area contributed by atoms with Crippen LogP contribution < -0.4 is 10.6 Å². The van der Waals surface area contributed by atoms with E-state index in [1.54, 1.807) is 34.8 Å². The van der Waals surface area contributed by atoms with Gasteiger partial charge < -0.3 is 10.6 Å². The van der Waals surface area contributed by atoms with Crippen LogP contribution in [0.5, 0.6) is 0 Å². The summed E-state index contributed by atoms with van der Waals surface area (Å²) in [7, 11) is 0. The summed E-state index contributed by atoms with van der Waals surface area (Å²) < 4.78 is 13.5. The molecular weight excluding hydrogens is 345 g/mol. The summed E-state index contributed by atoms with van der Waals surface area (Å²) in [6.45, 7) is 2.47. The van der Waals surface area contributed by atoms with Crippen LogP contribution >= 0.6 is 22.7 Å². The van der Waals surface area contributed by atoms with Crippen LogP contribution in [0.1, 0.15) is 9.88 Å². The van der Waals surface area contributed by atoms with Crippen molar-refractivity contribution in [3.8, 4) is 10.6 Å². The lowest BCUT2D eigenvalue weighted by molar-refractivity contribution is 0.252. The molecule has 24 heavy (non-hydrogen) atoms. The number of carbonyl (C=O) groups excluding carboxylic acids is 1. The molecular formula is C17H16FN3OS2. The Morgan fingerprint density at radius 3 is 2.83 bits per heavy atom. The second-order valence-electron chi connectivity index (χ2n) is 5.13. The highest BCUT2D eigenvalue weighted by molar-refractivity contribution is 7.16. The van der Waals surface area contributed by atoms with E-state index in [2.05, 4.69) is 15.6 Å². The monoisotopic (exact) mass is 361 g/mol. The number of aryl methyl sites for hydroxylation is 1. The van der Waals surface area contributed by atoms with Crippen LogP contribution in [0.25, 0.3) is 10.6 Å². The number of para-hydroxylation sites is 1. The fourth-order valence-corrected chi connectivity index (χ4v) is 3.81. The first-order valence-electron chi connectivity index (χ1n) is 7.42. The topological polar surface area (TPSA) is 54.0 Å². The molecule has 0 fully saturated rings. The molecule has 0 saturated carbocycles. The van der Waals surface area contributed by atoms with Gasteiger partial charge in [0.05, 0.1) is 21.3 Å². The predicted molar refractivity (Wildman–Crippen MR) is 97.3 cm³/mol. The van der Waals surface area contributed by atoms with Crippen molar-refractivity contribution in [2.75, 3.05) is 11.9 Å². The SMILES string of the molecule is Cc1nc(-c2ccc(CCNC(=O)Nc3ccccc3F)s2)cs1. The lowest BCUT2D eigenvalue weighted by atomic mass is 10.3. The van der Waals surface area contributed by atoms with Crippen molar-refractivity contribution in [1.82, 2.24) is 10.3 Å². The fourth-order valence-electron chi connectivity index (χ4n) is 2.15. The lowest BCUT2D eigenvalue weighted by Crippen LogP contribution is -2.30. The maximum Gasteiger partial charge on any atom is 0.319 e. The number of amides is 2. The first kappa shape index (κ1) is 16.6. The largest absolute Gasteiger partial charge is 0.338 e. The van der Waals surface area contributed by atoms with Gasteiger partial charge in [0, 0.05) is 16.8 Å². The number of rotatable bonds is 5. The summed E-state index contributed by atoms with van der Waals surface area (Å²) in [5.74, 6) is -0.450. The average molecular weight is 361 g/mol. The fraction of sp³-hybridized carbons (Fsp3) is 0.176. The minimum Gasteiger partial charge on any atom is -0.338 e. The van der Waals surface area contributed by atoms with E-state index in [9.17, 15) is 9.18 Å². The van der Waals surface area contributed by atoms with Gasteiger partial charge in [-0.15, -0.1) is 22.7 Å². The Morgan fingerprint density at radius 1 is 1.25 bits per heavy atom. The zero-order valence-electron chi connectivity index (χ0n) is 13.0. The summed E-state index contributed by atoms with van der Waals surface area (Å²) >= 11 is 3.30. The quantitative estimate of drug-likeness (QED) is 0.693. The molecule has 0 radical (unpaired) electrons. The molecule has 2 aromatic heterocycles. The molecule has 0 aliphatic rings. The summed E-state index contributed by atoms with van der Waals surface area (Å²) in [5, 5.41) is 8.33. The Hall–Kier alpha value is -2.25. The standard InChI is InChI=1S/C17H16FN3OS2/c1-11-20-15(10-23-11)16-7-6-12(24-16)8-9-19-17(22)21-14-5-3-2-4-13(14)18/h2-7,10H,8-9H2,1H3,(H2,19,21,22). The third kappa shape index (κ3) is 4.18. The van der Waals surface area contributed by atoms with E-state index in [1.807, 2.05) is 24.4 Å². The molecule has 2 heterocycles. The van der Waals surface area contributed by atoms with Gasteiger partial charge >= 0.3 is 6.03 Å². The molecule has 124 valence electrons. The molecule has 4 nitrogen and oxygen atoms in total. The number of benzene rings is 1. The number of nitrogens with zero attached hydrogens (tertiary/aromatic N) is 1. The van der Waals surface area contributed by atoms with Crippen LogP contribution in [0.15, 0.2) is 41.8 Å². The molecule has 7 heteroatoms. The molecule has 0 saturated heterocycles. The van der Waals surface area contributed by atoms with Crippen LogP contribution in [0.2, 0.25) is 0 Å². The highest BCUT2D eigenvalue weighted by atomic mass is 32.1. The molecule has 0 unspecified atom stereocenters. The highest BCUT2D eigenvalue weighted by Crippen LogP contribution is 2.29. The smallest absolute Gasteiger partial charge is 0.319 e. The number of hydrogen-bond donors (Lipinski definition) is 2. The van der Waals surface area contributed by atoms with Gasteiger partial charge in [-0.25, -0.2) is 14.2 Å². The average Bonchev–Trinajstić information content (AvgIpc) is 3.18. The first-order chi connectivity index (χ1) is 11.6. The van der Waals surface area contributed by atoms with E-state index < -0.39 is 11.8 Å². The van der Waals surface area contributed by atoms with Crippen molar-refractivity contribution in [3.63, 3.8) is 0 Å². The summed E-state index contributed by atoms with van der Waals surface area (Å²) in [5.41, 5.74) is 1.17. The van der Waals surface area contributed by atoms with E-state index in [0.29, 0.717) is 6.54 Å². The number of thiophene rings is 1. The Balaban J connectivity index is 1.49. The molecule has 3 rings (SSSR count). The Bertz CT molecular complexity index is 844. The third-order valence-corrected chi connectivity index (χ3v) is 5.25. The minimum atomic E-state index is -0.450. The summed E-state index contributed by atoms with van der Waals surface area (Å²) in [6.07, 6.45) is 0.721. The van der Waals surface area contributed by atoms with Crippen molar-refractivity contribution in [2.24, 2.45) is 0 Å². The predicted octanol–water partition coefficient (Wildman–Crippen LogP) is 4.68. The maximum absolute atomic E-state index is 13.5. The zero-order valence-corrected chi connectivity index (χ0v) is 14.6. The Morgan fingerprint density at radius 2 is 2.08 bits per heavy atom. The number of nitrogens with one attached hydrogen (secondary N) is 2. The van der Waals surface area contributed by atoms with Crippen LogP contribution in [0.3, 0.4) is 0 Å². The summed E-state index contributed by atoms with van der Waals surface area (Å²) in [4.78, 5) is 18.6. The second kappa shape index (κ2) is 7.55. The van der Waals surface area contributed by atoms with Gasteiger partial charge in [-0.05, 0) is 37.6 Å². The summed E-state index contributed by atoms with van der Waals surface area (Å²) in [6, 6.07) is 9.77. The molecule has 2 amide bonds. The van der Waals surface area contributed by atoms with E-state index in [0.717, 1.165) is 22.0 Å². The molecule has 3 aromatic rings. The number of carbonyl (C=O) groups is 1. The molecule has 2 N–H and O–H groups in total. The number of anilines is 1. The molecule has 0 atom stereocenters. The molecule has 1 aromatic carbocycles. The third-order valence-electron chi connectivity index (χ3n) is 3.31. The maximum atomic E-state index is 13.5. The van der Waals surface area contributed by atoms with Crippen LogP contribution in [-0.2, 0) is 6.42 Å². The van der Waals surface area contributed by atoms with Gasteiger partial charge in [-0.3, -0.25) is 0 Å². The number of hydrogen-bond acceptors (Lipinski definition) is 4. The molecule has 0 aliphatic heterocycles.